The molecule has 352 valence electrons. The van der Waals surface area contributed by atoms with E-state index in [-0.39, 0.29) is 82.2 Å². The number of hydrogen-bond donors (Lipinski definition) is 0. The normalized spacial score (nSPS) is 27.2. The summed E-state index contributed by atoms with van der Waals surface area (Å²) < 4.78 is 25.4. The van der Waals surface area contributed by atoms with Crippen LogP contribution in [0.15, 0.2) is 0 Å². The van der Waals surface area contributed by atoms with Gasteiger partial charge in [0.2, 0.25) is 0 Å². The summed E-state index contributed by atoms with van der Waals surface area (Å²) in [6.45, 7) is 34.2. The van der Waals surface area contributed by atoms with Crippen LogP contribution in [0.4, 0.5) is 0 Å². The van der Waals surface area contributed by atoms with Crippen LogP contribution in [0, 0.1) is 5.41 Å². The van der Waals surface area contributed by atoms with Crippen molar-refractivity contribution in [1.82, 2.24) is 19.6 Å². The van der Waals surface area contributed by atoms with Gasteiger partial charge in [0.15, 0.2) is 5.41 Å². The number of piperidine rings is 4. The van der Waals surface area contributed by atoms with E-state index in [2.05, 4.69) is 159 Å². The zero-order chi connectivity index (χ0) is 46.7. The average Bonchev–Trinajstić information content (AvgIpc) is 3.06. The first-order valence-corrected chi connectivity index (χ1v) is 23.2. The van der Waals surface area contributed by atoms with E-state index in [1.807, 2.05) is 0 Å². The van der Waals surface area contributed by atoms with Gasteiger partial charge < -0.3 is 18.9 Å². The van der Waals surface area contributed by atoms with Crippen LogP contribution in [0.3, 0.4) is 0 Å². The quantitative estimate of drug-likeness (QED) is 0.107. The third-order valence-corrected chi connectivity index (χ3v) is 16.5. The zero-order valence-electron chi connectivity index (χ0n) is 42.3. The van der Waals surface area contributed by atoms with Crippen LogP contribution in [0.5, 0.6) is 0 Å². The number of likely N-dealkylation sites (tertiary alicyclic amines) is 4. The fourth-order valence-electron chi connectivity index (χ4n) is 11.7. The lowest BCUT2D eigenvalue weighted by Gasteiger charge is -2.53. The number of ether oxygens (including phenoxy) is 4. The van der Waals surface area contributed by atoms with Gasteiger partial charge in [-0.3, -0.25) is 38.8 Å². The summed E-state index contributed by atoms with van der Waals surface area (Å²) in [5.74, 6) is -2.50. The Morgan fingerprint density at radius 3 is 0.754 bits per heavy atom. The molecule has 4 heterocycles. The second kappa shape index (κ2) is 17.3. The van der Waals surface area contributed by atoms with Crippen molar-refractivity contribution in [2.75, 3.05) is 28.2 Å². The maximum Gasteiger partial charge on any atom is 0.323 e. The zero-order valence-corrected chi connectivity index (χ0v) is 42.3. The van der Waals surface area contributed by atoms with Crippen molar-refractivity contribution in [3.8, 4) is 0 Å². The molecular weight excluding hydrogens is 773 g/mol. The molecule has 0 bridgehead atoms. The highest BCUT2D eigenvalue weighted by Gasteiger charge is 2.55. The second-order valence-electron chi connectivity index (χ2n) is 24.7. The van der Waals surface area contributed by atoms with Gasteiger partial charge in [-0.2, -0.15) is 0 Å². The summed E-state index contributed by atoms with van der Waals surface area (Å²) in [7, 11) is 8.37. The van der Waals surface area contributed by atoms with E-state index < -0.39 is 41.5 Å². The Hall–Kier alpha value is -2.28. The minimum Gasteiger partial charge on any atom is -0.462 e. The van der Waals surface area contributed by atoms with E-state index in [4.69, 9.17) is 18.9 Å². The lowest BCUT2D eigenvalue weighted by molar-refractivity contribution is -0.189. The van der Waals surface area contributed by atoms with Gasteiger partial charge in [0, 0.05) is 109 Å². The standard InChI is InChI=1S/C49H88N4O8/c1-41(2)25-33(26-42(3,4)50(41)17)58-37(54)21-23-49(39(56)60-35-29-45(9,10)52(19)46(11,12)30-35,40(57)61-36-31-47(13,14)53(20)48(15,16)32-36)24-22-38(55)59-34-27-43(5,6)51(18)44(7,8)28-34/h33-36H,21-32H2,1-20H3. The fourth-order valence-corrected chi connectivity index (χ4v) is 11.7. The molecule has 0 unspecified atom stereocenters. The predicted octanol–water partition coefficient (Wildman–Crippen LogP) is 8.31. The van der Waals surface area contributed by atoms with Gasteiger partial charge in [0.05, 0.1) is 0 Å². The van der Waals surface area contributed by atoms with Crippen LogP contribution in [-0.2, 0) is 38.1 Å². The molecule has 0 aromatic rings. The van der Waals surface area contributed by atoms with E-state index in [1.165, 1.54) is 0 Å². The largest absolute Gasteiger partial charge is 0.462 e. The number of esters is 4. The second-order valence-corrected chi connectivity index (χ2v) is 24.7. The van der Waals surface area contributed by atoms with Gasteiger partial charge in [0.25, 0.3) is 0 Å². The Kier molecular flexibility index (Phi) is 14.5. The highest BCUT2D eigenvalue weighted by atomic mass is 16.6. The van der Waals surface area contributed by atoms with Crippen molar-refractivity contribution in [3.63, 3.8) is 0 Å². The Morgan fingerprint density at radius 2 is 0.557 bits per heavy atom. The molecule has 0 amide bonds. The Morgan fingerprint density at radius 1 is 0.377 bits per heavy atom. The summed E-state index contributed by atoms with van der Waals surface area (Å²) >= 11 is 0. The van der Waals surface area contributed by atoms with E-state index >= 15 is 9.59 Å². The van der Waals surface area contributed by atoms with Gasteiger partial charge in [-0.15, -0.1) is 0 Å². The van der Waals surface area contributed by atoms with Crippen molar-refractivity contribution in [1.29, 1.82) is 0 Å². The summed E-state index contributed by atoms with van der Waals surface area (Å²) in [6.07, 6.45) is 2.21. The number of carbonyl (C=O) groups is 4. The molecule has 12 nitrogen and oxygen atoms in total. The Labute approximate surface area is 370 Å². The first-order chi connectivity index (χ1) is 27.4. The third-order valence-electron chi connectivity index (χ3n) is 16.5. The minimum absolute atomic E-state index is 0.214. The molecular formula is C49H88N4O8. The smallest absolute Gasteiger partial charge is 0.323 e. The first-order valence-electron chi connectivity index (χ1n) is 23.2. The van der Waals surface area contributed by atoms with Crippen LogP contribution >= 0.6 is 0 Å². The molecule has 0 aromatic carbocycles. The number of rotatable bonds is 12. The number of carbonyl (C=O) groups excluding carboxylic acids is 4. The lowest BCUT2D eigenvalue weighted by Crippen LogP contribution is -2.61. The molecule has 4 saturated heterocycles. The molecule has 4 aliphatic heterocycles. The number of hydrogen-bond acceptors (Lipinski definition) is 12. The van der Waals surface area contributed by atoms with Crippen LogP contribution in [0.2, 0.25) is 0 Å². The van der Waals surface area contributed by atoms with Crippen molar-refractivity contribution >= 4 is 23.9 Å². The van der Waals surface area contributed by atoms with Gasteiger partial charge in [-0.1, -0.05) is 0 Å². The molecule has 0 N–H and O–H groups in total. The van der Waals surface area contributed by atoms with Crippen LogP contribution in [0.1, 0.15) is 188 Å². The molecule has 4 fully saturated rings. The Bertz CT molecular complexity index is 1440. The van der Waals surface area contributed by atoms with Crippen molar-refractivity contribution < 1.29 is 38.1 Å². The third kappa shape index (κ3) is 11.3. The van der Waals surface area contributed by atoms with E-state index in [0.717, 1.165) is 0 Å². The van der Waals surface area contributed by atoms with E-state index in [1.54, 1.807) is 0 Å². The maximum atomic E-state index is 15.2. The molecule has 0 radical (unpaired) electrons. The first kappa shape index (κ1) is 51.4. The molecule has 0 aromatic heterocycles. The van der Waals surface area contributed by atoms with E-state index in [0.29, 0.717) is 51.4 Å². The van der Waals surface area contributed by atoms with Gasteiger partial charge in [-0.05, 0) is 152 Å². The molecule has 0 atom stereocenters. The average molecular weight is 861 g/mol. The molecule has 0 saturated carbocycles. The van der Waals surface area contributed by atoms with Gasteiger partial charge in [0.1, 0.15) is 24.4 Å². The highest BCUT2D eigenvalue weighted by molar-refractivity contribution is 6.01. The summed E-state index contributed by atoms with van der Waals surface area (Å²) in [6, 6.07) is 0. The monoisotopic (exact) mass is 861 g/mol. The number of nitrogens with zero attached hydrogens (tertiary/aromatic N) is 4. The fraction of sp³-hybridized carbons (Fsp3) is 0.918. The van der Waals surface area contributed by atoms with Crippen LogP contribution < -0.4 is 0 Å². The van der Waals surface area contributed by atoms with Crippen LogP contribution in [0.25, 0.3) is 0 Å². The minimum atomic E-state index is -1.97. The molecule has 0 spiro atoms. The van der Waals surface area contributed by atoms with Crippen molar-refractivity contribution in [2.24, 2.45) is 5.41 Å². The summed E-state index contributed by atoms with van der Waals surface area (Å²) in [4.78, 5) is 67.6. The van der Waals surface area contributed by atoms with Gasteiger partial charge in [-0.25, -0.2) is 0 Å². The maximum absolute atomic E-state index is 15.2. The summed E-state index contributed by atoms with van der Waals surface area (Å²) in [5.41, 5.74) is -4.05. The molecule has 12 heteroatoms. The molecule has 0 aliphatic carbocycles. The Balaban J connectivity index is 1.71. The molecule has 61 heavy (non-hydrogen) atoms. The highest BCUT2D eigenvalue weighted by Crippen LogP contribution is 2.45. The van der Waals surface area contributed by atoms with E-state index in [9.17, 15) is 9.59 Å². The topological polar surface area (TPSA) is 118 Å². The predicted molar refractivity (Wildman–Crippen MR) is 241 cm³/mol. The van der Waals surface area contributed by atoms with Crippen molar-refractivity contribution in [3.05, 3.63) is 0 Å². The lowest BCUT2D eigenvalue weighted by atomic mass is 9.76. The SMILES string of the molecule is CN1C(C)(C)CC(OC(=O)CCC(CCC(=O)OC2CC(C)(C)N(C)C(C)(C)C2)(C(=O)OC2CC(C)(C)N(C)C(C)(C)C2)C(=O)OC2CC(C)(C)N(C)C(C)(C)C2)CC1(C)C. The van der Waals surface area contributed by atoms with Gasteiger partial charge >= 0.3 is 23.9 Å². The summed E-state index contributed by atoms with van der Waals surface area (Å²) in [5, 5.41) is 0. The molecule has 4 aliphatic rings. The van der Waals surface area contributed by atoms with Crippen LogP contribution in [-0.4, -0.2) is 140 Å². The molecule has 4 rings (SSSR count). The van der Waals surface area contributed by atoms with Crippen molar-refractivity contribution in [2.45, 2.75) is 257 Å².